The monoisotopic (exact) mass is 359 g/mol. The van der Waals surface area contributed by atoms with Crippen LogP contribution in [0.2, 0.25) is 0 Å². The minimum absolute atomic E-state index is 0.0928. The fourth-order valence-electron chi connectivity index (χ4n) is 1.61. The summed E-state index contributed by atoms with van der Waals surface area (Å²) in [5.74, 6) is -2.54. The van der Waals surface area contributed by atoms with Crippen LogP contribution >= 0.6 is 0 Å². The van der Waals surface area contributed by atoms with Crippen molar-refractivity contribution in [2.75, 3.05) is 11.9 Å². The van der Waals surface area contributed by atoms with Gasteiger partial charge in [0.15, 0.2) is 6.10 Å². The Hall–Kier alpha value is -2.84. The summed E-state index contributed by atoms with van der Waals surface area (Å²) in [5.41, 5.74) is -1.02. The maximum atomic E-state index is 12.6. The molecular formula is C16H16F3NO5. The number of benzene rings is 1. The number of esters is 2. The predicted molar refractivity (Wildman–Crippen MR) is 81.4 cm³/mol. The van der Waals surface area contributed by atoms with E-state index in [9.17, 15) is 27.6 Å². The van der Waals surface area contributed by atoms with Crippen LogP contribution in [0.25, 0.3) is 0 Å². The van der Waals surface area contributed by atoms with Crippen molar-refractivity contribution in [3.05, 3.63) is 42.0 Å². The van der Waals surface area contributed by atoms with Crippen LogP contribution in [-0.4, -0.2) is 30.6 Å². The van der Waals surface area contributed by atoms with E-state index in [1.165, 1.54) is 13.0 Å². The van der Waals surface area contributed by atoms with E-state index < -0.39 is 35.7 Å². The molecule has 0 bridgehead atoms. The van der Waals surface area contributed by atoms with Crippen LogP contribution in [-0.2, 0) is 30.0 Å². The first kappa shape index (κ1) is 20.2. The van der Waals surface area contributed by atoms with Gasteiger partial charge in [-0.1, -0.05) is 6.07 Å². The maximum absolute atomic E-state index is 12.6. The maximum Gasteiger partial charge on any atom is 0.416 e. The van der Waals surface area contributed by atoms with Crippen molar-refractivity contribution < 1.29 is 37.0 Å². The van der Waals surface area contributed by atoms with Crippen LogP contribution in [0.1, 0.15) is 19.4 Å². The van der Waals surface area contributed by atoms with E-state index in [1.54, 1.807) is 6.92 Å². The SMILES string of the molecule is CCOC(=O)/C=C/C(=O)O[C@H](C)C(=O)Nc1cccc(C(F)(F)F)c1. The van der Waals surface area contributed by atoms with Crippen LogP contribution in [0.4, 0.5) is 18.9 Å². The van der Waals surface area contributed by atoms with Gasteiger partial charge in [-0.3, -0.25) is 4.79 Å². The number of carbonyl (C=O) groups excluding carboxylic acids is 3. The van der Waals surface area contributed by atoms with E-state index in [0.29, 0.717) is 0 Å². The average Bonchev–Trinajstić information content (AvgIpc) is 2.52. The summed E-state index contributed by atoms with van der Waals surface area (Å²) in [6, 6.07) is 4.02. The van der Waals surface area contributed by atoms with Gasteiger partial charge in [0, 0.05) is 17.8 Å². The molecule has 9 heteroatoms. The number of alkyl halides is 3. The van der Waals surface area contributed by atoms with Crippen molar-refractivity contribution in [1.29, 1.82) is 0 Å². The van der Waals surface area contributed by atoms with Gasteiger partial charge in [0.25, 0.3) is 5.91 Å². The zero-order chi connectivity index (χ0) is 19.0. The Bertz CT molecular complexity index is 670. The van der Waals surface area contributed by atoms with Gasteiger partial charge in [0.2, 0.25) is 0 Å². The van der Waals surface area contributed by atoms with Crippen molar-refractivity contribution in [3.63, 3.8) is 0 Å². The number of hydrogen-bond donors (Lipinski definition) is 1. The van der Waals surface area contributed by atoms with Crippen molar-refractivity contribution in [2.24, 2.45) is 0 Å². The number of halogens is 3. The lowest BCUT2D eigenvalue weighted by Gasteiger charge is -2.13. The molecule has 0 heterocycles. The van der Waals surface area contributed by atoms with Gasteiger partial charge >= 0.3 is 18.1 Å². The third-order valence-corrected chi connectivity index (χ3v) is 2.76. The predicted octanol–water partition coefficient (Wildman–Crippen LogP) is 2.69. The van der Waals surface area contributed by atoms with Crippen LogP contribution in [0.3, 0.4) is 0 Å². The molecule has 0 unspecified atom stereocenters. The standard InChI is InChI=1S/C16H16F3NO5/c1-3-24-13(21)7-8-14(22)25-10(2)15(23)20-12-6-4-5-11(9-12)16(17,18)19/h4-10H,3H2,1-2H3,(H,20,23)/b8-7+/t10-/m1/s1. The van der Waals surface area contributed by atoms with Gasteiger partial charge in [-0.05, 0) is 32.0 Å². The van der Waals surface area contributed by atoms with Crippen molar-refractivity contribution in [3.8, 4) is 0 Å². The largest absolute Gasteiger partial charge is 0.463 e. The summed E-state index contributed by atoms with van der Waals surface area (Å²) in [6.45, 7) is 2.96. The normalized spacial score (nSPS) is 12.5. The lowest BCUT2D eigenvalue weighted by Crippen LogP contribution is -2.29. The highest BCUT2D eigenvalue weighted by atomic mass is 19.4. The topological polar surface area (TPSA) is 81.7 Å². The van der Waals surface area contributed by atoms with Gasteiger partial charge in [-0.2, -0.15) is 13.2 Å². The Kier molecular flexibility index (Phi) is 7.16. The zero-order valence-electron chi connectivity index (χ0n) is 13.4. The first-order valence-electron chi connectivity index (χ1n) is 7.17. The Balaban J connectivity index is 2.63. The molecule has 0 aliphatic carbocycles. The smallest absolute Gasteiger partial charge is 0.416 e. The number of rotatable bonds is 6. The highest BCUT2D eigenvalue weighted by Gasteiger charge is 2.30. The van der Waals surface area contributed by atoms with Crippen LogP contribution in [0.15, 0.2) is 36.4 Å². The van der Waals surface area contributed by atoms with E-state index in [4.69, 9.17) is 4.74 Å². The van der Waals surface area contributed by atoms with Crippen LogP contribution in [0, 0.1) is 0 Å². The molecular weight excluding hydrogens is 343 g/mol. The highest BCUT2D eigenvalue weighted by Crippen LogP contribution is 2.30. The molecule has 136 valence electrons. The fraction of sp³-hybridized carbons (Fsp3) is 0.312. The number of anilines is 1. The summed E-state index contributed by atoms with van der Waals surface area (Å²) in [5, 5.41) is 2.21. The van der Waals surface area contributed by atoms with Crippen LogP contribution in [0.5, 0.6) is 0 Å². The number of ether oxygens (including phenoxy) is 2. The summed E-state index contributed by atoms with van der Waals surface area (Å²) < 4.78 is 47.1. The second kappa shape index (κ2) is 8.86. The van der Waals surface area contributed by atoms with E-state index in [0.717, 1.165) is 30.4 Å². The quantitative estimate of drug-likeness (QED) is 0.624. The van der Waals surface area contributed by atoms with Gasteiger partial charge in [-0.25, -0.2) is 9.59 Å². The third-order valence-electron chi connectivity index (χ3n) is 2.76. The van der Waals surface area contributed by atoms with Gasteiger partial charge < -0.3 is 14.8 Å². The molecule has 0 saturated heterocycles. The first-order chi connectivity index (χ1) is 11.6. The Labute approximate surface area is 141 Å². The number of carbonyl (C=O) groups is 3. The molecule has 0 radical (unpaired) electrons. The fourth-order valence-corrected chi connectivity index (χ4v) is 1.61. The van der Waals surface area contributed by atoms with E-state index in [-0.39, 0.29) is 12.3 Å². The summed E-state index contributed by atoms with van der Waals surface area (Å²) >= 11 is 0. The first-order valence-corrected chi connectivity index (χ1v) is 7.17. The van der Waals surface area contributed by atoms with E-state index >= 15 is 0 Å². The molecule has 0 spiro atoms. The second-order valence-corrected chi connectivity index (χ2v) is 4.73. The second-order valence-electron chi connectivity index (χ2n) is 4.73. The Morgan fingerprint density at radius 2 is 1.84 bits per heavy atom. The minimum atomic E-state index is -4.54. The number of hydrogen-bond acceptors (Lipinski definition) is 5. The molecule has 1 aromatic rings. The zero-order valence-corrected chi connectivity index (χ0v) is 13.4. The van der Waals surface area contributed by atoms with Gasteiger partial charge in [0.05, 0.1) is 12.2 Å². The molecule has 1 N–H and O–H groups in total. The highest BCUT2D eigenvalue weighted by molar-refractivity contribution is 5.97. The summed E-state index contributed by atoms with van der Waals surface area (Å²) in [7, 11) is 0. The third kappa shape index (κ3) is 7.06. The lowest BCUT2D eigenvalue weighted by atomic mass is 10.2. The number of nitrogens with one attached hydrogen (secondary N) is 1. The lowest BCUT2D eigenvalue weighted by molar-refractivity contribution is -0.148. The summed E-state index contributed by atoms with van der Waals surface area (Å²) in [4.78, 5) is 34.4. The summed E-state index contributed by atoms with van der Waals surface area (Å²) in [6.07, 6.45) is -4.21. The minimum Gasteiger partial charge on any atom is -0.463 e. The molecule has 0 aliphatic rings. The molecule has 0 fully saturated rings. The van der Waals surface area contributed by atoms with Crippen molar-refractivity contribution in [2.45, 2.75) is 26.1 Å². The molecule has 1 aromatic carbocycles. The average molecular weight is 359 g/mol. The molecule has 1 rings (SSSR count). The molecule has 0 aromatic heterocycles. The molecule has 0 aliphatic heterocycles. The molecule has 25 heavy (non-hydrogen) atoms. The van der Waals surface area contributed by atoms with Crippen molar-refractivity contribution >= 4 is 23.5 Å². The van der Waals surface area contributed by atoms with Gasteiger partial charge in [0.1, 0.15) is 0 Å². The molecule has 0 saturated carbocycles. The van der Waals surface area contributed by atoms with Crippen molar-refractivity contribution in [1.82, 2.24) is 0 Å². The van der Waals surface area contributed by atoms with E-state index in [2.05, 4.69) is 10.1 Å². The van der Waals surface area contributed by atoms with E-state index in [1.807, 2.05) is 0 Å². The molecule has 1 atom stereocenters. The van der Waals surface area contributed by atoms with Crippen LogP contribution < -0.4 is 5.32 Å². The van der Waals surface area contributed by atoms with Gasteiger partial charge in [-0.15, -0.1) is 0 Å². The Morgan fingerprint density at radius 3 is 2.44 bits per heavy atom. The number of amides is 1. The Morgan fingerprint density at radius 1 is 1.20 bits per heavy atom. The molecule has 1 amide bonds. The molecule has 6 nitrogen and oxygen atoms in total.